The fourth-order valence-electron chi connectivity index (χ4n) is 1.50. The van der Waals surface area contributed by atoms with Gasteiger partial charge in [0.15, 0.2) is 6.10 Å². The minimum atomic E-state index is -1.27. The van der Waals surface area contributed by atoms with Crippen molar-refractivity contribution in [2.24, 2.45) is 0 Å². The number of rotatable bonds is 3. The number of hydrogen-bond donors (Lipinski definition) is 1. The lowest BCUT2D eigenvalue weighted by molar-refractivity contribution is -0.150. The molecular formula is C12H13N3O3. The number of carbonyl (C=O) groups is 1. The molecule has 0 amide bonds. The Morgan fingerprint density at radius 1 is 1.39 bits per heavy atom. The second-order valence-corrected chi connectivity index (χ2v) is 3.79. The summed E-state index contributed by atoms with van der Waals surface area (Å²) in [5.41, 5.74) is 2.03. The van der Waals surface area contributed by atoms with Crippen molar-refractivity contribution in [2.75, 3.05) is 7.11 Å². The van der Waals surface area contributed by atoms with Crippen LogP contribution in [0.1, 0.15) is 17.4 Å². The van der Waals surface area contributed by atoms with Crippen LogP contribution < -0.4 is 0 Å². The molecule has 0 bridgehead atoms. The van der Waals surface area contributed by atoms with Crippen molar-refractivity contribution in [1.29, 1.82) is 0 Å². The maximum Gasteiger partial charge on any atom is 0.339 e. The molecule has 6 heteroatoms. The zero-order valence-corrected chi connectivity index (χ0v) is 10.1. The lowest BCUT2D eigenvalue weighted by atomic mass is 10.1. The van der Waals surface area contributed by atoms with Crippen LogP contribution in [-0.4, -0.2) is 33.2 Å². The van der Waals surface area contributed by atoms with Gasteiger partial charge in [-0.15, -0.1) is 0 Å². The average molecular weight is 247 g/mol. The predicted molar refractivity (Wildman–Crippen MR) is 63.1 cm³/mol. The molecule has 1 aromatic heterocycles. The largest absolute Gasteiger partial charge is 0.467 e. The summed E-state index contributed by atoms with van der Waals surface area (Å²) in [7, 11) is 1.23. The molecule has 0 saturated carbocycles. The van der Waals surface area contributed by atoms with Gasteiger partial charge in [-0.25, -0.2) is 4.79 Å². The molecule has 0 fully saturated rings. The van der Waals surface area contributed by atoms with E-state index in [0.29, 0.717) is 5.56 Å². The number of ether oxygens (including phenoxy) is 1. The van der Waals surface area contributed by atoms with Crippen molar-refractivity contribution in [2.45, 2.75) is 13.0 Å². The topological polar surface area (TPSA) is 77.2 Å². The first kappa shape index (κ1) is 12.3. The van der Waals surface area contributed by atoms with Crippen molar-refractivity contribution >= 4 is 5.97 Å². The van der Waals surface area contributed by atoms with E-state index in [1.807, 2.05) is 6.92 Å². The summed E-state index contributed by atoms with van der Waals surface area (Å²) in [6, 6.07) is 6.72. The Bertz CT molecular complexity index is 548. The molecule has 1 N–H and O–H groups in total. The summed E-state index contributed by atoms with van der Waals surface area (Å²) in [5, 5.41) is 17.9. The highest BCUT2D eigenvalue weighted by Crippen LogP contribution is 2.16. The first-order valence-electron chi connectivity index (χ1n) is 5.37. The van der Waals surface area contributed by atoms with E-state index >= 15 is 0 Å². The molecule has 18 heavy (non-hydrogen) atoms. The molecule has 1 atom stereocenters. The standard InChI is InChI=1S/C12H13N3O3/c1-8-7-13-15(14-8)10-5-3-9(4-6-10)11(16)12(17)18-2/h3-7,11,16H,1-2H3. The van der Waals surface area contributed by atoms with Crippen LogP contribution >= 0.6 is 0 Å². The summed E-state index contributed by atoms with van der Waals surface area (Å²) in [5.74, 6) is -0.684. The number of hydrogen-bond acceptors (Lipinski definition) is 5. The molecule has 1 heterocycles. The minimum absolute atomic E-state index is 0.467. The third-order valence-corrected chi connectivity index (χ3v) is 2.47. The van der Waals surface area contributed by atoms with Crippen LogP contribution in [0.25, 0.3) is 5.69 Å². The van der Waals surface area contributed by atoms with E-state index in [0.717, 1.165) is 11.4 Å². The Kier molecular flexibility index (Phi) is 3.38. The fraction of sp³-hybridized carbons (Fsp3) is 0.250. The van der Waals surface area contributed by atoms with Crippen molar-refractivity contribution in [3.8, 4) is 5.69 Å². The van der Waals surface area contributed by atoms with Crippen LogP contribution in [0.3, 0.4) is 0 Å². The number of aliphatic hydroxyl groups excluding tert-OH is 1. The van der Waals surface area contributed by atoms with Crippen LogP contribution in [0.2, 0.25) is 0 Å². The van der Waals surface area contributed by atoms with Gasteiger partial charge in [0.05, 0.1) is 24.7 Å². The van der Waals surface area contributed by atoms with Crippen LogP contribution in [0, 0.1) is 6.92 Å². The van der Waals surface area contributed by atoms with E-state index in [1.54, 1.807) is 30.5 Å². The predicted octanol–water partition coefficient (Wildman–Crippen LogP) is 0.782. The molecule has 0 saturated heterocycles. The van der Waals surface area contributed by atoms with Crippen LogP contribution in [0.15, 0.2) is 30.5 Å². The van der Waals surface area contributed by atoms with Crippen LogP contribution in [0.5, 0.6) is 0 Å². The Morgan fingerprint density at radius 2 is 2.06 bits per heavy atom. The third kappa shape index (κ3) is 2.38. The minimum Gasteiger partial charge on any atom is -0.467 e. The SMILES string of the molecule is COC(=O)C(O)c1ccc(-n2ncc(C)n2)cc1. The molecule has 0 radical (unpaired) electrons. The van der Waals surface area contributed by atoms with Crippen molar-refractivity contribution in [1.82, 2.24) is 15.0 Å². The molecule has 1 unspecified atom stereocenters. The van der Waals surface area contributed by atoms with Gasteiger partial charge in [0.2, 0.25) is 0 Å². The van der Waals surface area contributed by atoms with Gasteiger partial charge in [-0.05, 0) is 24.6 Å². The first-order chi connectivity index (χ1) is 8.61. The van der Waals surface area contributed by atoms with E-state index in [4.69, 9.17) is 0 Å². The van der Waals surface area contributed by atoms with Gasteiger partial charge >= 0.3 is 5.97 Å². The maximum atomic E-state index is 11.2. The van der Waals surface area contributed by atoms with Gasteiger partial charge in [0.1, 0.15) is 0 Å². The number of carbonyl (C=O) groups excluding carboxylic acids is 1. The Hall–Kier alpha value is -2.21. The molecular weight excluding hydrogens is 234 g/mol. The zero-order valence-electron chi connectivity index (χ0n) is 10.1. The van der Waals surface area contributed by atoms with E-state index in [9.17, 15) is 9.90 Å². The number of benzene rings is 1. The zero-order chi connectivity index (χ0) is 13.1. The number of aliphatic hydroxyl groups is 1. The van der Waals surface area contributed by atoms with Gasteiger partial charge in [0.25, 0.3) is 0 Å². The molecule has 0 aliphatic carbocycles. The summed E-state index contributed by atoms with van der Waals surface area (Å²) in [6.07, 6.45) is 0.383. The van der Waals surface area contributed by atoms with Gasteiger partial charge in [-0.3, -0.25) is 0 Å². The van der Waals surface area contributed by atoms with E-state index in [2.05, 4.69) is 14.9 Å². The number of aryl methyl sites for hydroxylation is 1. The normalized spacial score (nSPS) is 12.2. The molecule has 0 spiro atoms. The van der Waals surface area contributed by atoms with Gasteiger partial charge in [-0.1, -0.05) is 12.1 Å². The highest BCUT2D eigenvalue weighted by molar-refractivity contribution is 5.76. The van der Waals surface area contributed by atoms with Crippen molar-refractivity contribution in [3.05, 3.63) is 41.7 Å². The summed E-state index contributed by atoms with van der Waals surface area (Å²) < 4.78 is 4.47. The van der Waals surface area contributed by atoms with Gasteiger partial charge in [0, 0.05) is 0 Å². The van der Waals surface area contributed by atoms with Crippen LogP contribution in [-0.2, 0) is 9.53 Å². The molecule has 2 aromatic rings. The summed E-state index contributed by atoms with van der Waals surface area (Å²) in [6.45, 7) is 1.85. The van der Waals surface area contributed by atoms with E-state index in [1.165, 1.54) is 11.9 Å². The highest BCUT2D eigenvalue weighted by atomic mass is 16.5. The van der Waals surface area contributed by atoms with Gasteiger partial charge in [-0.2, -0.15) is 15.0 Å². The molecule has 1 aromatic carbocycles. The molecule has 6 nitrogen and oxygen atoms in total. The third-order valence-electron chi connectivity index (χ3n) is 2.47. The lowest BCUT2D eigenvalue weighted by Gasteiger charge is -2.08. The number of methoxy groups -OCH3 is 1. The monoisotopic (exact) mass is 247 g/mol. The highest BCUT2D eigenvalue weighted by Gasteiger charge is 2.17. The van der Waals surface area contributed by atoms with Gasteiger partial charge < -0.3 is 9.84 Å². The fourth-order valence-corrected chi connectivity index (χ4v) is 1.50. The second kappa shape index (κ2) is 4.97. The Balaban J connectivity index is 2.22. The Morgan fingerprint density at radius 3 is 2.56 bits per heavy atom. The lowest BCUT2D eigenvalue weighted by Crippen LogP contribution is -2.13. The van der Waals surface area contributed by atoms with Crippen LogP contribution in [0.4, 0.5) is 0 Å². The summed E-state index contributed by atoms with van der Waals surface area (Å²) >= 11 is 0. The summed E-state index contributed by atoms with van der Waals surface area (Å²) in [4.78, 5) is 12.6. The van der Waals surface area contributed by atoms with Crippen molar-refractivity contribution < 1.29 is 14.6 Å². The maximum absolute atomic E-state index is 11.2. The molecule has 0 aliphatic heterocycles. The Labute approximate surface area is 104 Å². The first-order valence-corrected chi connectivity index (χ1v) is 5.37. The quantitative estimate of drug-likeness (QED) is 0.811. The number of aromatic nitrogens is 3. The molecule has 94 valence electrons. The average Bonchev–Trinajstić information content (AvgIpc) is 2.84. The van der Waals surface area contributed by atoms with E-state index < -0.39 is 12.1 Å². The number of nitrogens with zero attached hydrogens (tertiary/aromatic N) is 3. The van der Waals surface area contributed by atoms with Crippen molar-refractivity contribution in [3.63, 3.8) is 0 Å². The number of esters is 1. The second-order valence-electron chi connectivity index (χ2n) is 3.79. The van der Waals surface area contributed by atoms with E-state index in [-0.39, 0.29) is 0 Å². The smallest absolute Gasteiger partial charge is 0.339 e. The molecule has 2 rings (SSSR count). The molecule has 0 aliphatic rings.